The van der Waals surface area contributed by atoms with E-state index < -0.39 is 0 Å². The molecule has 92 valence electrons. The van der Waals surface area contributed by atoms with Crippen LogP contribution in [0.3, 0.4) is 0 Å². The molecule has 0 spiro atoms. The van der Waals surface area contributed by atoms with E-state index in [0.717, 1.165) is 15.4 Å². The van der Waals surface area contributed by atoms with Gasteiger partial charge in [-0.15, -0.1) is 17.9 Å². The molecule has 2 nitrogen and oxygen atoms in total. The summed E-state index contributed by atoms with van der Waals surface area (Å²) in [4.78, 5) is 16.1. The number of rotatable bonds is 4. The third-order valence-electron chi connectivity index (χ3n) is 2.58. The number of amides is 1. The van der Waals surface area contributed by atoms with Gasteiger partial charge in [0.25, 0.3) is 5.91 Å². The van der Waals surface area contributed by atoms with E-state index in [1.165, 1.54) is 11.3 Å². The minimum absolute atomic E-state index is 0.0270. The molecule has 0 radical (unpaired) electrons. The van der Waals surface area contributed by atoms with Gasteiger partial charge in [-0.05, 0) is 31.2 Å². The number of carbonyl (C=O) groups is 1. The summed E-state index contributed by atoms with van der Waals surface area (Å²) in [7, 11) is 0. The van der Waals surface area contributed by atoms with E-state index in [9.17, 15) is 4.79 Å². The fourth-order valence-corrected chi connectivity index (χ4v) is 2.54. The van der Waals surface area contributed by atoms with Gasteiger partial charge in [-0.25, -0.2) is 0 Å². The van der Waals surface area contributed by atoms with Gasteiger partial charge in [0.1, 0.15) is 0 Å². The Bertz CT molecular complexity index is 545. The van der Waals surface area contributed by atoms with E-state index in [1.807, 2.05) is 49.4 Å². The van der Waals surface area contributed by atoms with E-state index in [0.29, 0.717) is 6.54 Å². The van der Waals surface area contributed by atoms with Crippen LogP contribution < -0.4 is 4.90 Å². The van der Waals surface area contributed by atoms with Crippen molar-refractivity contribution in [2.45, 2.75) is 6.92 Å². The molecule has 0 aliphatic rings. The van der Waals surface area contributed by atoms with Gasteiger partial charge in [0.15, 0.2) is 0 Å². The molecule has 0 aliphatic heterocycles. The summed E-state index contributed by atoms with van der Waals surface area (Å²) in [6, 6.07) is 13.5. The summed E-state index contributed by atoms with van der Waals surface area (Å²) in [5, 5.41) is 0. The zero-order chi connectivity index (χ0) is 13.0. The van der Waals surface area contributed by atoms with Crippen LogP contribution >= 0.6 is 11.3 Å². The van der Waals surface area contributed by atoms with Crippen LogP contribution in [0.1, 0.15) is 14.5 Å². The monoisotopic (exact) mass is 257 g/mol. The standard InChI is InChI=1S/C15H15NOS/c1-3-11-16(13-7-5-4-6-8-13)15(17)14-10-9-12(2)18-14/h3-10H,1,11H2,2H3. The summed E-state index contributed by atoms with van der Waals surface area (Å²) < 4.78 is 0. The molecule has 1 aromatic heterocycles. The lowest BCUT2D eigenvalue weighted by atomic mass is 10.2. The Hall–Kier alpha value is -1.87. The van der Waals surface area contributed by atoms with Gasteiger partial charge in [-0.3, -0.25) is 4.79 Å². The summed E-state index contributed by atoms with van der Waals surface area (Å²) >= 11 is 1.52. The van der Waals surface area contributed by atoms with Crippen LogP contribution in [0, 0.1) is 6.92 Å². The number of hydrogen-bond donors (Lipinski definition) is 0. The number of benzene rings is 1. The lowest BCUT2D eigenvalue weighted by Crippen LogP contribution is -2.30. The Morgan fingerprint density at radius 3 is 2.56 bits per heavy atom. The molecular weight excluding hydrogens is 242 g/mol. The number of nitrogens with zero attached hydrogens (tertiary/aromatic N) is 1. The van der Waals surface area contributed by atoms with Gasteiger partial charge in [-0.1, -0.05) is 24.3 Å². The van der Waals surface area contributed by atoms with Crippen molar-refractivity contribution in [2.75, 3.05) is 11.4 Å². The van der Waals surface area contributed by atoms with Crippen molar-refractivity contribution in [1.29, 1.82) is 0 Å². The van der Waals surface area contributed by atoms with Crippen molar-refractivity contribution in [3.63, 3.8) is 0 Å². The molecule has 2 aromatic rings. The summed E-state index contributed by atoms with van der Waals surface area (Å²) in [6.45, 7) is 6.23. The van der Waals surface area contributed by atoms with Gasteiger partial charge >= 0.3 is 0 Å². The predicted octanol–water partition coefficient (Wildman–Crippen LogP) is 3.89. The van der Waals surface area contributed by atoms with Crippen LogP contribution in [-0.2, 0) is 0 Å². The van der Waals surface area contributed by atoms with Crippen molar-refractivity contribution < 1.29 is 4.79 Å². The van der Waals surface area contributed by atoms with Crippen LogP contribution in [-0.4, -0.2) is 12.5 Å². The number of aryl methyl sites for hydroxylation is 1. The normalized spacial score (nSPS) is 10.1. The fourth-order valence-electron chi connectivity index (χ4n) is 1.73. The Balaban J connectivity index is 2.31. The molecule has 0 bridgehead atoms. The minimum atomic E-state index is 0.0270. The van der Waals surface area contributed by atoms with Crippen LogP contribution in [0.25, 0.3) is 0 Å². The van der Waals surface area contributed by atoms with Crippen molar-refractivity contribution in [2.24, 2.45) is 0 Å². The molecule has 2 rings (SSSR count). The van der Waals surface area contributed by atoms with Crippen molar-refractivity contribution >= 4 is 22.9 Å². The van der Waals surface area contributed by atoms with Crippen molar-refractivity contribution in [3.8, 4) is 0 Å². The molecule has 3 heteroatoms. The van der Waals surface area contributed by atoms with Crippen LogP contribution in [0.15, 0.2) is 55.1 Å². The highest BCUT2D eigenvalue weighted by molar-refractivity contribution is 7.14. The predicted molar refractivity (Wildman–Crippen MR) is 77.4 cm³/mol. The first-order chi connectivity index (χ1) is 8.72. The van der Waals surface area contributed by atoms with Crippen molar-refractivity contribution in [3.05, 3.63) is 64.9 Å². The average Bonchev–Trinajstić information content (AvgIpc) is 2.83. The quantitative estimate of drug-likeness (QED) is 0.761. The van der Waals surface area contributed by atoms with Gasteiger partial charge < -0.3 is 4.90 Å². The van der Waals surface area contributed by atoms with E-state index >= 15 is 0 Å². The average molecular weight is 257 g/mol. The van der Waals surface area contributed by atoms with Crippen molar-refractivity contribution in [1.82, 2.24) is 0 Å². The highest BCUT2D eigenvalue weighted by atomic mass is 32.1. The zero-order valence-electron chi connectivity index (χ0n) is 10.3. The molecule has 0 unspecified atom stereocenters. The molecule has 1 amide bonds. The largest absolute Gasteiger partial charge is 0.304 e. The minimum Gasteiger partial charge on any atom is -0.304 e. The number of anilines is 1. The van der Waals surface area contributed by atoms with Gasteiger partial charge in [0.2, 0.25) is 0 Å². The SMILES string of the molecule is C=CCN(C(=O)c1ccc(C)s1)c1ccccc1. The molecule has 18 heavy (non-hydrogen) atoms. The first-order valence-electron chi connectivity index (χ1n) is 5.76. The second kappa shape index (κ2) is 5.65. The lowest BCUT2D eigenvalue weighted by Gasteiger charge is -2.20. The van der Waals surface area contributed by atoms with E-state index in [2.05, 4.69) is 6.58 Å². The Morgan fingerprint density at radius 2 is 2.00 bits per heavy atom. The molecule has 1 heterocycles. The van der Waals surface area contributed by atoms with Gasteiger partial charge in [-0.2, -0.15) is 0 Å². The van der Waals surface area contributed by atoms with Crippen LogP contribution in [0.5, 0.6) is 0 Å². The molecular formula is C15H15NOS. The molecule has 0 saturated heterocycles. The molecule has 1 aromatic carbocycles. The molecule has 0 saturated carbocycles. The summed E-state index contributed by atoms with van der Waals surface area (Å²) in [5.74, 6) is 0.0270. The van der Waals surface area contributed by atoms with E-state index in [4.69, 9.17) is 0 Å². The first kappa shape index (κ1) is 12.6. The number of carbonyl (C=O) groups excluding carboxylic acids is 1. The molecule has 0 atom stereocenters. The molecule has 0 aliphatic carbocycles. The second-order valence-corrected chi connectivity index (χ2v) is 5.24. The second-order valence-electron chi connectivity index (χ2n) is 3.95. The van der Waals surface area contributed by atoms with Crippen LogP contribution in [0.2, 0.25) is 0 Å². The Labute approximate surface area is 111 Å². The third-order valence-corrected chi connectivity index (χ3v) is 3.56. The topological polar surface area (TPSA) is 20.3 Å². The molecule has 0 fully saturated rings. The third kappa shape index (κ3) is 2.68. The van der Waals surface area contributed by atoms with E-state index in [-0.39, 0.29) is 5.91 Å². The molecule has 0 N–H and O–H groups in total. The van der Waals surface area contributed by atoms with Gasteiger partial charge in [0, 0.05) is 17.1 Å². The number of para-hydroxylation sites is 1. The smallest absolute Gasteiger partial charge is 0.268 e. The zero-order valence-corrected chi connectivity index (χ0v) is 11.1. The Kier molecular flexibility index (Phi) is 3.95. The maximum absolute atomic E-state index is 12.4. The van der Waals surface area contributed by atoms with Crippen LogP contribution in [0.4, 0.5) is 5.69 Å². The fraction of sp³-hybridized carbons (Fsp3) is 0.133. The number of hydrogen-bond acceptors (Lipinski definition) is 2. The highest BCUT2D eigenvalue weighted by Gasteiger charge is 2.17. The number of thiophene rings is 1. The van der Waals surface area contributed by atoms with E-state index in [1.54, 1.807) is 11.0 Å². The highest BCUT2D eigenvalue weighted by Crippen LogP contribution is 2.21. The van der Waals surface area contributed by atoms with Gasteiger partial charge in [0.05, 0.1) is 4.88 Å². The lowest BCUT2D eigenvalue weighted by molar-refractivity contribution is 0.0993. The first-order valence-corrected chi connectivity index (χ1v) is 6.58. The summed E-state index contributed by atoms with van der Waals surface area (Å²) in [6.07, 6.45) is 1.74. The maximum Gasteiger partial charge on any atom is 0.268 e. The summed E-state index contributed by atoms with van der Waals surface area (Å²) in [5.41, 5.74) is 0.897. The maximum atomic E-state index is 12.4. The Morgan fingerprint density at radius 1 is 1.28 bits per heavy atom.